The molecule has 4 N–H and O–H groups in total. The molecule has 0 bridgehead atoms. The van der Waals surface area contributed by atoms with Crippen LogP contribution in [0.15, 0.2) is 58.3 Å². The van der Waals surface area contributed by atoms with Gasteiger partial charge in [-0.05, 0) is 59.2 Å². The van der Waals surface area contributed by atoms with Gasteiger partial charge in [-0.15, -0.1) is 5.10 Å². The van der Waals surface area contributed by atoms with Crippen LogP contribution >= 0.6 is 0 Å². The van der Waals surface area contributed by atoms with Crippen LogP contribution < -0.4 is 15.9 Å². The first-order valence-corrected chi connectivity index (χ1v) is 9.30. The lowest BCUT2D eigenvalue weighted by atomic mass is 10.1. The number of hydrogen-bond acceptors (Lipinski definition) is 10. The number of ether oxygens (including phenoxy) is 1. The van der Waals surface area contributed by atoms with Crippen molar-refractivity contribution in [2.45, 2.75) is 6.92 Å². The summed E-state index contributed by atoms with van der Waals surface area (Å²) in [5.41, 5.74) is 10.4. The first kappa shape index (κ1) is 20.5. The number of aromatic nitrogens is 5. The minimum atomic E-state index is -0.609. The van der Waals surface area contributed by atoms with Gasteiger partial charge >= 0.3 is 0 Å². The van der Waals surface area contributed by atoms with E-state index in [1.807, 2.05) is 0 Å². The monoisotopic (exact) mass is 434 g/mol. The van der Waals surface area contributed by atoms with Crippen LogP contribution in [0, 0.1) is 0 Å². The summed E-state index contributed by atoms with van der Waals surface area (Å²) in [5.74, 6) is 0.147. The number of phenolic OH excluding ortho intramolecular Hbond substituents is 1. The Morgan fingerprint density at radius 3 is 2.69 bits per heavy atom. The van der Waals surface area contributed by atoms with E-state index in [0.29, 0.717) is 22.7 Å². The fourth-order valence-corrected chi connectivity index (χ4v) is 2.91. The molecular weight excluding hydrogens is 416 g/mol. The Morgan fingerprint density at radius 2 is 2.00 bits per heavy atom. The summed E-state index contributed by atoms with van der Waals surface area (Å²) in [6, 6.07) is 13.4. The van der Waals surface area contributed by atoms with Crippen molar-refractivity contribution in [2.75, 3.05) is 12.8 Å². The van der Waals surface area contributed by atoms with Gasteiger partial charge < -0.3 is 15.6 Å². The van der Waals surface area contributed by atoms with Gasteiger partial charge in [0, 0.05) is 5.56 Å². The molecule has 0 saturated carbocycles. The zero-order valence-corrected chi connectivity index (χ0v) is 17.1. The Balaban J connectivity index is 1.72. The Bertz CT molecular complexity index is 1290. The summed E-state index contributed by atoms with van der Waals surface area (Å²) in [6.07, 6.45) is 0. The van der Waals surface area contributed by atoms with Crippen LogP contribution in [0.3, 0.4) is 0 Å². The van der Waals surface area contributed by atoms with Gasteiger partial charge in [0.05, 0.1) is 12.8 Å². The summed E-state index contributed by atoms with van der Waals surface area (Å²) in [6.45, 7) is 1.72. The van der Waals surface area contributed by atoms with E-state index in [2.05, 4.69) is 35.8 Å². The fourth-order valence-electron chi connectivity index (χ4n) is 2.91. The van der Waals surface area contributed by atoms with Gasteiger partial charge in [0.25, 0.3) is 5.91 Å². The van der Waals surface area contributed by atoms with E-state index < -0.39 is 5.91 Å². The summed E-state index contributed by atoms with van der Waals surface area (Å²) >= 11 is 0. The second-order valence-electron chi connectivity index (χ2n) is 6.59. The van der Waals surface area contributed by atoms with Gasteiger partial charge in [-0.25, -0.2) is 10.1 Å². The normalized spacial score (nSPS) is 11.4. The smallest absolute Gasteiger partial charge is 0.294 e. The zero-order valence-electron chi connectivity index (χ0n) is 17.1. The van der Waals surface area contributed by atoms with Crippen molar-refractivity contribution < 1.29 is 19.3 Å². The highest BCUT2D eigenvalue weighted by Crippen LogP contribution is 2.29. The largest absolute Gasteiger partial charge is 0.508 e. The standard InChI is InChI=1S/C20H18N8O4/c1-11(12-6-8-14(29)9-7-12)22-24-20(30)16-17(13-4-3-5-15(10-13)31-2)28(27-23-16)19-18(21)25-32-26-19/h3-10,29H,1-2H3,(H2,21,25)(H,24,30)/b22-11+. The van der Waals surface area contributed by atoms with E-state index in [0.717, 1.165) is 5.56 Å². The maximum absolute atomic E-state index is 13.0. The molecule has 0 aliphatic rings. The van der Waals surface area contributed by atoms with Crippen molar-refractivity contribution in [2.24, 2.45) is 5.10 Å². The molecule has 162 valence electrons. The van der Waals surface area contributed by atoms with E-state index >= 15 is 0 Å². The number of hydrogen-bond donors (Lipinski definition) is 3. The number of nitrogens with zero attached hydrogens (tertiary/aromatic N) is 6. The molecule has 4 rings (SSSR count). The third-order valence-electron chi connectivity index (χ3n) is 4.53. The third-order valence-corrected chi connectivity index (χ3v) is 4.53. The zero-order chi connectivity index (χ0) is 22.7. The second-order valence-corrected chi connectivity index (χ2v) is 6.59. The number of carbonyl (C=O) groups excluding carboxylic acids is 1. The minimum Gasteiger partial charge on any atom is -0.508 e. The molecule has 2 aromatic heterocycles. The molecular formula is C20H18N8O4. The van der Waals surface area contributed by atoms with E-state index in [9.17, 15) is 9.90 Å². The summed E-state index contributed by atoms with van der Waals surface area (Å²) in [7, 11) is 1.53. The maximum Gasteiger partial charge on any atom is 0.294 e. The lowest BCUT2D eigenvalue weighted by molar-refractivity contribution is 0.0950. The maximum atomic E-state index is 13.0. The molecule has 2 aromatic carbocycles. The Labute approximate surface area is 181 Å². The van der Waals surface area contributed by atoms with Crippen LogP contribution in [0.2, 0.25) is 0 Å². The molecule has 4 aromatic rings. The number of aromatic hydroxyl groups is 1. The molecule has 32 heavy (non-hydrogen) atoms. The first-order chi connectivity index (χ1) is 15.5. The minimum absolute atomic E-state index is 0.0211. The van der Waals surface area contributed by atoms with Crippen LogP contribution in [0.1, 0.15) is 23.0 Å². The lowest BCUT2D eigenvalue weighted by Gasteiger charge is -2.08. The van der Waals surface area contributed by atoms with Gasteiger partial charge in [-0.2, -0.15) is 9.78 Å². The average molecular weight is 434 g/mol. The Hall–Kier alpha value is -4.74. The number of anilines is 1. The molecule has 1 amide bonds. The lowest BCUT2D eigenvalue weighted by Crippen LogP contribution is -2.21. The van der Waals surface area contributed by atoms with Crippen molar-refractivity contribution in [3.05, 3.63) is 59.8 Å². The molecule has 0 spiro atoms. The van der Waals surface area contributed by atoms with E-state index in [4.69, 9.17) is 10.5 Å². The van der Waals surface area contributed by atoms with Crippen molar-refractivity contribution in [3.8, 4) is 28.6 Å². The number of carbonyl (C=O) groups is 1. The van der Waals surface area contributed by atoms with Crippen LogP contribution in [-0.4, -0.2) is 49.1 Å². The molecule has 0 aliphatic heterocycles. The number of phenols is 1. The van der Waals surface area contributed by atoms with Crippen LogP contribution in [0.25, 0.3) is 17.1 Å². The number of hydrazone groups is 1. The van der Waals surface area contributed by atoms with Gasteiger partial charge in [0.1, 0.15) is 17.2 Å². The predicted octanol–water partition coefficient (Wildman–Crippen LogP) is 1.77. The SMILES string of the molecule is COc1cccc(-c2c(C(=O)N/N=C(\C)c3ccc(O)cc3)nnn2-c2nonc2N)c1. The Morgan fingerprint density at radius 1 is 1.22 bits per heavy atom. The molecule has 0 fully saturated rings. The van der Waals surface area contributed by atoms with Crippen LogP contribution in [-0.2, 0) is 0 Å². The van der Waals surface area contributed by atoms with E-state index in [1.165, 1.54) is 23.9 Å². The van der Waals surface area contributed by atoms with E-state index in [-0.39, 0.29) is 23.1 Å². The van der Waals surface area contributed by atoms with Crippen LogP contribution in [0.4, 0.5) is 5.82 Å². The number of amides is 1. The number of nitrogen functional groups attached to an aromatic ring is 1. The summed E-state index contributed by atoms with van der Waals surface area (Å²) < 4.78 is 11.2. The molecule has 0 aliphatic carbocycles. The number of rotatable bonds is 6. The van der Waals surface area contributed by atoms with Crippen molar-refractivity contribution in [1.82, 2.24) is 30.7 Å². The number of methoxy groups -OCH3 is 1. The highest BCUT2D eigenvalue weighted by molar-refractivity contribution is 6.02. The average Bonchev–Trinajstić information content (AvgIpc) is 3.43. The topological polar surface area (TPSA) is 167 Å². The van der Waals surface area contributed by atoms with Gasteiger partial charge in [-0.3, -0.25) is 4.79 Å². The van der Waals surface area contributed by atoms with Gasteiger partial charge in [-0.1, -0.05) is 17.3 Å². The summed E-state index contributed by atoms with van der Waals surface area (Å²) in [4.78, 5) is 13.0. The van der Waals surface area contributed by atoms with Gasteiger partial charge in [0.15, 0.2) is 5.69 Å². The van der Waals surface area contributed by atoms with Crippen molar-refractivity contribution in [1.29, 1.82) is 0 Å². The predicted molar refractivity (Wildman–Crippen MR) is 113 cm³/mol. The molecule has 2 heterocycles. The Kier molecular flexibility index (Phi) is 5.49. The highest BCUT2D eigenvalue weighted by atomic mass is 16.6. The summed E-state index contributed by atoms with van der Waals surface area (Å²) in [5, 5.41) is 28.9. The third kappa shape index (κ3) is 3.96. The second kappa shape index (κ2) is 8.55. The van der Waals surface area contributed by atoms with Crippen LogP contribution in [0.5, 0.6) is 11.5 Å². The van der Waals surface area contributed by atoms with Crippen molar-refractivity contribution >= 4 is 17.4 Å². The van der Waals surface area contributed by atoms with E-state index in [1.54, 1.807) is 43.3 Å². The molecule has 0 saturated heterocycles. The number of nitrogens with one attached hydrogen (secondary N) is 1. The highest BCUT2D eigenvalue weighted by Gasteiger charge is 2.25. The molecule has 12 nitrogen and oxygen atoms in total. The van der Waals surface area contributed by atoms with Gasteiger partial charge in [0.2, 0.25) is 11.6 Å². The molecule has 0 atom stereocenters. The molecule has 0 radical (unpaired) electrons. The first-order valence-electron chi connectivity index (χ1n) is 9.30. The fraction of sp³-hybridized carbons (Fsp3) is 0.100. The number of benzene rings is 2. The number of nitrogens with two attached hydrogens (primary N) is 1. The quantitative estimate of drug-likeness (QED) is 0.303. The van der Waals surface area contributed by atoms with Crippen molar-refractivity contribution in [3.63, 3.8) is 0 Å². The molecule has 0 unspecified atom stereocenters. The molecule has 12 heteroatoms.